The molecule has 0 aromatic rings. The van der Waals surface area contributed by atoms with Crippen molar-refractivity contribution in [3.8, 4) is 0 Å². The normalized spacial score (nSPS) is 22.5. The fraction of sp³-hybridized carbons (Fsp3) is 0.895. The Hall–Kier alpha value is -1.38. The van der Waals surface area contributed by atoms with Crippen LogP contribution in [0, 0.1) is 0 Å². The van der Waals surface area contributed by atoms with Crippen LogP contribution in [0.25, 0.3) is 0 Å². The fourth-order valence-electron chi connectivity index (χ4n) is 3.33. The van der Waals surface area contributed by atoms with E-state index in [-0.39, 0.29) is 18.6 Å². The molecule has 0 bridgehead atoms. The maximum Gasteiger partial charge on any atom is 0.243 e. The van der Waals surface area contributed by atoms with E-state index in [0.29, 0.717) is 6.04 Å². The minimum atomic E-state index is -0.000554. The average molecular weight is 384 g/mol. The second kappa shape index (κ2) is 12.2. The van der Waals surface area contributed by atoms with Crippen LogP contribution in [0.1, 0.15) is 32.1 Å². The molecule has 0 aliphatic carbocycles. The number of aliphatic imine (C=N–C) groups is 1. The van der Waals surface area contributed by atoms with Gasteiger partial charge in [-0.2, -0.15) is 0 Å². The predicted molar refractivity (Wildman–Crippen MR) is 107 cm³/mol. The molecule has 0 saturated carbocycles. The van der Waals surface area contributed by atoms with Crippen molar-refractivity contribution in [2.45, 2.75) is 44.2 Å². The Morgan fingerprint density at radius 3 is 2.67 bits per heavy atom. The standard InChI is InChI=1S/C19H37N5O3/c1-23(2)18(25)15-21-19(20-14-17-6-4-5-12-27-17)22-16-7-9-24(10-8-16)11-13-26-3/h16-17H,4-15H2,1-3H3,(H2,20,21,22). The molecule has 0 aromatic carbocycles. The Morgan fingerprint density at radius 2 is 2.04 bits per heavy atom. The monoisotopic (exact) mass is 383 g/mol. The number of rotatable bonds is 8. The van der Waals surface area contributed by atoms with Gasteiger partial charge in [0.25, 0.3) is 0 Å². The molecule has 8 nitrogen and oxygen atoms in total. The zero-order valence-electron chi connectivity index (χ0n) is 17.2. The number of carbonyl (C=O) groups excluding carboxylic acids is 1. The first-order chi connectivity index (χ1) is 13.1. The average Bonchev–Trinajstić information content (AvgIpc) is 2.69. The summed E-state index contributed by atoms with van der Waals surface area (Å²) in [5, 5.41) is 6.91. The van der Waals surface area contributed by atoms with Crippen LogP contribution in [-0.2, 0) is 14.3 Å². The number of likely N-dealkylation sites (tertiary alicyclic amines) is 1. The summed E-state index contributed by atoms with van der Waals surface area (Å²) in [6.07, 6.45) is 5.79. The molecule has 2 aliphatic heterocycles. The molecule has 1 unspecified atom stereocenters. The Balaban J connectivity index is 1.83. The molecule has 2 rings (SSSR count). The van der Waals surface area contributed by atoms with Gasteiger partial charge in [0.05, 0.1) is 12.7 Å². The van der Waals surface area contributed by atoms with E-state index in [1.807, 2.05) is 0 Å². The summed E-state index contributed by atoms with van der Waals surface area (Å²) in [4.78, 5) is 20.4. The van der Waals surface area contributed by atoms with Gasteiger partial charge < -0.3 is 29.9 Å². The summed E-state index contributed by atoms with van der Waals surface area (Å²) in [6.45, 7) is 5.59. The summed E-state index contributed by atoms with van der Waals surface area (Å²) < 4.78 is 11.0. The molecule has 2 aliphatic rings. The number of piperidine rings is 1. The van der Waals surface area contributed by atoms with Crippen molar-refractivity contribution >= 4 is 11.9 Å². The van der Waals surface area contributed by atoms with Crippen LogP contribution in [0.4, 0.5) is 0 Å². The highest BCUT2D eigenvalue weighted by molar-refractivity contribution is 5.84. The summed E-state index contributed by atoms with van der Waals surface area (Å²) in [5.74, 6) is 0.717. The largest absolute Gasteiger partial charge is 0.383 e. The maximum absolute atomic E-state index is 11.9. The lowest BCUT2D eigenvalue weighted by molar-refractivity contribution is -0.127. The molecule has 0 radical (unpaired) electrons. The summed E-state index contributed by atoms with van der Waals surface area (Å²) in [6, 6.07) is 0.372. The van der Waals surface area contributed by atoms with Crippen LogP contribution in [0.3, 0.4) is 0 Å². The summed E-state index contributed by atoms with van der Waals surface area (Å²) in [7, 11) is 5.25. The van der Waals surface area contributed by atoms with Crippen LogP contribution < -0.4 is 10.6 Å². The molecular formula is C19H37N5O3. The third kappa shape index (κ3) is 8.45. The lowest BCUT2D eigenvalue weighted by Gasteiger charge is -2.33. The van der Waals surface area contributed by atoms with Crippen LogP contribution in [0.15, 0.2) is 4.99 Å². The van der Waals surface area contributed by atoms with E-state index in [1.165, 1.54) is 6.42 Å². The second-order valence-corrected chi connectivity index (χ2v) is 7.58. The Labute approximate surface area is 163 Å². The van der Waals surface area contributed by atoms with Gasteiger partial charge in [0.15, 0.2) is 5.96 Å². The van der Waals surface area contributed by atoms with E-state index in [1.54, 1.807) is 26.1 Å². The zero-order chi connectivity index (χ0) is 19.5. The molecule has 8 heteroatoms. The molecule has 1 atom stereocenters. The van der Waals surface area contributed by atoms with Crippen molar-refractivity contribution in [3.63, 3.8) is 0 Å². The van der Waals surface area contributed by atoms with E-state index in [2.05, 4.69) is 20.5 Å². The number of methoxy groups -OCH3 is 1. The van der Waals surface area contributed by atoms with Gasteiger partial charge in [0.1, 0.15) is 6.54 Å². The van der Waals surface area contributed by atoms with Gasteiger partial charge in [-0.1, -0.05) is 0 Å². The van der Waals surface area contributed by atoms with E-state index >= 15 is 0 Å². The Bertz CT molecular complexity index is 458. The van der Waals surface area contributed by atoms with E-state index < -0.39 is 0 Å². The number of ether oxygens (including phenoxy) is 2. The van der Waals surface area contributed by atoms with E-state index in [4.69, 9.17) is 9.47 Å². The number of nitrogens with one attached hydrogen (secondary N) is 2. The maximum atomic E-state index is 11.9. The Kier molecular flexibility index (Phi) is 9.86. The van der Waals surface area contributed by atoms with Gasteiger partial charge in [0, 0.05) is 60.0 Å². The predicted octanol–water partition coefficient (Wildman–Crippen LogP) is 0.290. The number of hydrogen-bond donors (Lipinski definition) is 2. The van der Waals surface area contributed by atoms with Crippen molar-refractivity contribution in [2.75, 3.05) is 67.1 Å². The van der Waals surface area contributed by atoms with E-state index in [9.17, 15) is 4.79 Å². The number of carbonyl (C=O) groups is 1. The van der Waals surface area contributed by atoms with Crippen LogP contribution in [0.2, 0.25) is 0 Å². The first kappa shape index (κ1) is 21.9. The zero-order valence-corrected chi connectivity index (χ0v) is 17.2. The summed E-state index contributed by atoms with van der Waals surface area (Å²) in [5.41, 5.74) is 0. The SMILES string of the molecule is COCCN1CCC(NC(=NCC(=O)N(C)C)NCC2CCCCO2)CC1. The number of amides is 1. The van der Waals surface area contributed by atoms with Gasteiger partial charge >= 0.3 is 0 Å². The lowest BCUT2D eigenvalue weighted by atomic mass is 10.1. The number of nitrogens with zero attached hydrogens (tertiary/aromatic N) is 3. The van der Waals surface area contributed by atoms with Gasteiger partial charge in [-0.25, -0.2) is 4.99 Å². The molecule has 27 heavy (non-hydrogen) atoms. The fourth-order valence-corrected chi connectivity index (χ4v) is 3.33. The van der Waals surface area contributed by atoms with Gasteiger partial charge in [0.2, 0.25) is 5.91 Å². The van der Waals surface area contributed by atoms with Gasteiger partial charge in [-0.05, 0) is 32.1 Å². The molecular weight excluding hydrogens is 346 g/mol. The third-order valence-corrected chi connectivity index (χ3v) is 5.18. The van der Waals surface area contributed by atoms with Crippen LogP contribution in [-0.4, -0.2) is 101 Å². The Morgan fingerprint density at radius 1 is 1.26 bits per heavy atom. The topological polar surface area (TPSA) is 78.4 Å². The minimum absolute atomic E-state index is 0.000554. The van der Waals surface area contributed by atoms with Crippen molar-refractivity contribution in [3.05, 3.63) is 0 Å². The van der Waals surface area contributed by atoms with Crippen LogP contribution >= 0.6 is 0 Å². The molecule has 2 N–H and O–H groups in total. The number of likely N-dealkylation sites (N-methyl/N-ethyl adjacent to an activating group) is 1. The molecule has 2 fully saturated rings. The number of guanidine groups is 1. The van der Waals surface area contributed by atoms with Crippen molar-refractivity contribution in [2.24, 2.45) is 4.99 Å². The smallest absolute Gasteiger partial charge is 0.243 e. The lowest BCUT2D eigenvalue weighted by Crippen LogP contribution is -2.50. The molecule has 1 amide bonds. The molecule has 0 spiro atoms. The highest BCUT2D eigenvalue weighted by atomic mass is 16.5. The molecule has 2 heterocycles. The van der Waals surface area contributed by atoms with Crippen molar-refractivity contribution in [1.29, 1.82) is 0 Å². The third-order valence-electron chi connectivity index (χ3n) is 5.18. The van der Waals surface area contributed by atoms with E-state index in [0.717, 1.165) is 71.0 Å². The molecule has 0 aromatic heterocycles. The highest BCUT2D eigenvalue weighted by Crippen LogP contribution is 2.12. The number of hydrogen-bond acceptors (Lipinski definition) is 5. The van der Waals surface area contributed by atoms with Crippen LogP contribution in [0.5, 0.6) is 0 Å². The summed E-state index contributed by atoms with van der Waals surface area (Å²) >= 11 is 0. The van der Waals surface area contributed by atoms with Crippen molar-refractivity contribution < 1.29 is 14.3 Å². The molecule has 156 valence electrons. The van der Waals surface area contributed by atoms with Crippen molar-refractivity contribution in [1.82, 2.24) is 20.4 Å². The second-order valence-electron chi connectivity index (χ2n) is 7.58. The van der Waals surface area contributed by atoms with Gasteiger partial charge in [-0.15, -0.1) is 0 Å². The first-order valence-corrected chi connectivity index (χ1v) is 10.2. The van der Waals surface area contributed by atoms with Gasteiger partial charge in [-0.3, -0.25) is 4.79 Å². The minimum Gasteiger partial charge on any atom is -0.383 e. The highest BCUT2D eigenvalue weighted by Gasteiger charge is 2.21. The molecule has 2 saturated heterocycles. The quantitative estimate of drug-likeness (QED) is 0.463. The first-order valence-electron chi connectivity index (χ1n) is 10.2.